The van der Waals surface area contributed by atoms with Crippen LogP contribution in [-0.2, 0) is 9.53 Å². The number of rotatable bonds is 7. The van der Waals surface area contributed by atoms with Crippen molar-refractivity contribution in [2.45, 2.75) is 19.1 Å². The van der Waals surface area contributed by atoms with Crippen LogP contribution in [0.15, 0.2) is 30.3 Å². The smallest absolute Gasteiger partial charge is 0.323 e. The molecule has 1 rings (SSSR count). The van der Waals surface area contributed by atoms with Crippen molar-refractivity contribution in [1.29, 1.82) is 0 Å². The fraction of sp³-hybridized carbons (Fsp3) is 0.500. The Balaban J connectivity index is 2.72. The molecule has 0 radical (unpaired) electrons. The molecule has 1 aromatic carbocycles. The Bertz CT molecular complexity index is 353. The Morgan fingerprint density at radius 3 is 2.61 bits per heavy atom. The van der Waals surface area contributed by atoms with Gasteiger partial charge in [0.1, 0.15) is 5.25 Å². The van der Waals surface area contributed by atoms with Crippen molar-refractivity contribution in [2.75, 3.05) is 19.0 Å². The minimum atomic E-state index is -0.305. The number of aliphatic hydroxyl groups excluding tert-OH is 1. The lowest BCUT2D eigenvalue weighted by Crippen LogP contribution is -2.15. The molecule has 0 saturated heterocycles. The Morgan fingerprint density at radius 2 is 2.06 bits per heavy atom. The van der Waals surface area contributed by atoms with Crippen LogP contribution in [-0.4, -0.2) is 30.0 Å². The minimum absolute atomic E-state index is 0.136. The number of carbonyl (C=O) groups excluding carboxylic acids is 1. The number of hydrogen-bond donors (Lipinski definition) is 1. The van der Waals surface area contributed by atoms with E-state index in [1.54, 1.807) is 6.92 Å². The SMILES string of the molecule is CCOC(=O)C(SCC(C)CO)c1ccccc1. The predicted molar refractivity (Wildman–Crippen MR) is 74.5 cm³/mol. The Kier molecular flexibility index (Phi) is 6.83. The molecule has 100 valence electrons. The summed E-state index contributed by atoms with van der Waals surface area (Å²) in [6, 6.07) is 9.61. The molecule has 4 heteroatoms. The van der Waals surface area contributed by atoms with Gasteiger partial charge in [0, 0.05) is 6.61 Å². The lowest BCUT2D eigenvalue weighted by molar-refractivity contribution is -0.142. The topological polar surface area (TPSA) is 46.5 Å². The minimum Gasteiger partial charge on any atom is -0.465 e. The molecule has 1 N–H and O–H groups in total. The van der Waals surface area contributed by atoms with Crippen LogP contribution in [0.4, 0.5) is 0 Å². The summed E-state index contributed by atoms with van der Waals surface area (Å²) in [5.41, 5.74) is 0.950. The zero-order valence-corrected chi connectivity index (χ0v) is 11.7. The number of ether oxygens (including phenoxy) is 1. The van der Waals surface area contributed by atoms with Crippen LogP contribution in [0.5, 0.6) is 0 Å². The number of thioether (sulfide) groups is 1. The van der Waals surface area contributed by atoms with Crippen LogP contribution in [0.1, 0.15) is 24.7 Å². The highest BCUT2D eigenvalue weighted by Gasteiger charge is 2.22. The van der Waals surface area contributed by atoms with Crippen LogP contribution >= 0.6 is 11.8 Å². The maximum absolute atomic E-state index is 11.9. The van der Waals surface area contributed by atoms with E-state index in [1.165, 1.54) is 11.8 Å². The van der Waals surface area contributed by atoms with E-state index in [0.29, 0.717) is 6.61 Å². The standard InChI is InChI=1S/C14H20O3S/c1-3-17-14(16)13(18-10-11(2)9-15)12-7-5-4-6-8-12/h4-8,11,13,15H,3,9-10H2,1-2H3. The van der Waals surface area contributed by atoms with Crippen LogP contribution in [0.25, 0.3) is 0 Å². The molecule has 0 aromatic heterocycles. The van der Waals surface area contributed by atoms with Crippen molar-refractivity contribution >= 4 is 17.7 Å². The molecule has 0 aliphatic carbocycles. The lowest BCUT2D eigenvalue weighted by atomic mass is 10.1. The maximum atomic E-state index is 11.9. The highest BCUT2D eigenvalue weighted by Crippen LogP contribution is 2.31. The normalized spacial score (nSPS) is 13.9. The Hall–Kier alpha value is -1.00. The fourth-order valence-corrected chi connectivity index (χ4v) is 2.64. The third-order valence-electron chi connectivity index (χ3n) is 2.46. The summed E-state index contributed by atoms with van der Waals surface area (Å²) in [5, 5.41) is 8.73. The average Bonchev–Trinajstić information content (AvgIpc) is 2.40. The van der Waals surface area contributed by atoms with Gasteiger partial charge in [-0.3, -0.25) is 4.79 Å². The molecular formula is C14H20O3S. The van der Waals surface area contributed by atoms with Gasteiger partial charge in [0.2, 0.25) is 0 Å². The van der Waals surface area contributed by atoms with Gasteiger partial charge in [-0.15, -0.1) is 11.8 Å². The van der Waals surface area contributed by atoms with Crippen LogP contribution in [0, 0.1) is 5.92 Å². The van der Waals surface area contributed by atoms with E-state index >= 15 is 0 Å². The molecule has 0 spiro atoms. The summed E-state index contributed by atoms with van der Waals surface area (Å²) in [7, 11) is 0. The van der Waals surface area contributed by atoms with Gasteiger partial charge >= 0.3 is 5.97 Å². The maximum Gasteiger partial charge on any atom is 0.323 e. The molecule has 0 fully saturated rings. The van der Waals surface area contributed by atoms with Gasteiger partial charge in [0.15, 0.2) is 0 Å². The van der Waals surface area contributed by atoms with E-state index < -0.39 is 0 Å². The molecule has 18 heavy (non-hydrogen) atoms. The quantitative estimate of drug-likeness (QED) is 0.772. The molecule has 3 nitrogen and oxygen atoms in total. The molecule has 0 saturated carbocycles. The second kappa shape index (κ2) is 8.16. The molecule has 0 heterocycles. The van der Waals surface area contributed by atoms with E-state index in [0.717, 1.165) is 11.3 Å². The van der Waals surface area contributed by atoms with Crippen LogP contribution in [0.3, 0.4) is 0 Å². The van der Waals surface area contributed by atoms with E-state index in [9.17, 15) is 4.79 Å². The van der Waals surface area contributed by atoms with Gasteiger partial charge in [-0.2, -0.15) is 0 Å². The first-order valence-corrected chi connectivity index (χ1v) is 7.18. The van der Waals surface area contributed by atoms with Crippen LogP contribution < -0.4 is 0 Å². The summed E-state index contributed by atoms with van der Waals surface area (Å²) in [6.45, 7) is 4.29. The van der Waals surface area contributed by atoms with Crippen molar-refractivity contribution in [2.24, 2.45) is 5.92 Å². The zero-order valence-electron chi connectivity index (χ0n) is 10.8. The highest BCUT2D eigenvalue weighted by molar-refractivity contribution is 8.00. The number of esters is 1. The molecule has 2 atom stereocenters. The van der Waals surface area contributed by atoms with Crippen molar-refractivity contribution in [3.63, 3.8) is 0 Å². The van der Waals surface area contributed by atoms with Crippen molar-refractivity contribution in [3.8, 4) is 0 Å². The Morgan fingerprint density at radius 1 is 1.39 bits per heavy atom. The van der Waals surface area contributed by atoms with E-state index in [2.05, 4.69) is 0 Å². The molecule has 2 unspecified atom stereocenters. The third-order valence-corrected chi connectivity index (χ3v) is 4.02. The summed E-state index contributed by atoms with van der Waals surface area (Å²) in [4.78, 5) is 11.9. The predicted octanol–water partition coefficient (Wildman–Crippen LogP) is 2.65. The summed E-state index contributed by atoms with van der Waals surface area (Å²) in [6.07, 6.45) is 0. The van der Waals surface area contributed by atoms with Gasteiger partial charge in [-0.05, 0) is 24.2 Å². The van der Waals surface area contributed by atoms with E-state index in [1.807, 2.05) is 37.3 Å². The molecule has 0 aliphatic heterocycles. The third kappa shape index (κ3) is 4.70. The van der Waals surface area contributed by atoms with Crippen molar-refractivity contribution in [1.82, 2.24) is 0 Å². The van der Waals surface area contributed by atoms with Crippen molar-refractivity contribution in [3.05, 3.63) is 35.9 Å². The first-order chi connectivity index (χ1) is 8.69. The largest absolute Gasteiger partial charge is 0.465 e. The van der Waals surface area contributed by atoms with Gasteiger partial charge < -0.3 is 9.84 Å². The second-order valence-electron chi connectivity index (χ2n) is 4.16. The summed E-state index contributed by atoms with van der Waals surface area (Å²) in [5.74, 6) is 0.698. The number of hydrogen-bond acceptors (Lipinski definition) is 4. The van der Waals surface area contributed by atoms with Crippen molar-refractivity contribution < 1.29 is 14.6 Å². The second-order valence-corrected chi connectivity index (χ2v) is 5.30. The van der Waals surface area contributed by atoms with Gasteiger partial charge in [0.05, 0.1) is 6.61 Å². The molecule has 0 amide bonds. The molecule has 1 aromatic rings. The average molecular weight is 268 g/mol. The number of carbonyl (C=O) groups is 1. The Labute approximate surface area is 113 Å². The first kappa shape index (κ1) is 15.1. The fourth-order valence-electron chi connectivity index (χ4n) is 1.46. The van der Waals surface area contributed by atoms with E-state index in [4.69, 9.17) is 9.84 Å². The molecular weight excluding hydrogens is 248 g/mol. The van der Waals surface area contributed by atoms with Crippen LogP contribution in [0.2, 0.25) is 0 Å². The number of benzene rings is 1. The zero-order chi connectivity index (χ0) is 13.4. The highest BCUT2D eigenvalue weighted by atomic mass is 32.2. The number of aliphatic hydroxyl groups is 1. The first-order valence-electron chi connectivity index (χ1n) is 6.13. The van der Waals surface area contributed by atoms with Gasteiger partial charge in [-0.25, -0.2) is 0 Å². The monoisotopic (exact) mass is 268 g/mol. The molecule has 0 aliphatic rings. The lowest BCUT2D eigenvalue weighted by Gasteiger charge is -2.17. The summed E-state index contributed by atoms with van der Waals surface area (Å²) < 4.78 is 5.10. The van der Waals surface area contributed by atoms with Gasteiger partial charge in [-0.1, -0.05) is 37.3 Å². The van der Waals surface area contributed by atoms with E-state index in [-0.39, 0.29) is 23.7 Å². The summed E-state index contributed by atoms with van der Waals surface area (Å²) >= 11 is 1.52. The molecule has 0 bridgehead atoms. The van der Waals surface area contributed by atoms with Gasteiger partial charge in [0.25, 0.3) is 0 Å².